The number of thiophene rings is 1. The average Bonchev–Trinajstić information content (AvgIpc) is 3.95. The number of nitrogens with zero attached hydrogens (tertiary/aromatic N) is 6. The van der Waals surface area contributed by atoms with E-state index in [-0.39, 0.29) is 0 Å². The molecule has 0 amide bonds. The smallest absolute Gasteiger partial charge is 0.184 e. The van der Waals surface area contributed by atoms with Crippen LogP contribution >= 0.6 is 11.3 Å². The van der Waals surface area contributed by atoms with Gasteiger partial charge >= 0.3 is 0 Å². The summed E-state index contributed by atoms with van der Waals surface area (Å²) in [6.07, 6.45) is 0. The van der Waals surface area contributed by atoms with Gasteiger partial charge in [0.25, 0.3) is 0 Å². The Morgan fingerprint density at radius 2 is 1.00 bits per heavy atom. The monoisotopic (exact) mass is 748 g/mol. The maximum absolute atomic E-state index is 6.17. The van der Waals surface area contributed by atoms with Gasteiger partial charge in [0.15, 0.2) is 23.3 Å². The fraction of sp³-hybridized carbons (Fsp3) is 0. The summed E-state index contributed by atoms with van der Waals surface area (Å²) in [5.74, 6) is 2.21. The Bertz CT molecular complexity index is 3530. The van der Waals surface area contributed by atoms with Gasteiger partial charge in [-0.05, 0) is 66.7 Å². The first-order chi connectivity index (χ1) is 28.2. The summed E-state index contributed by atoms with van der Waals surface area (Å²) in [6, 6.07) is 58.2. The zero-order valence-electron chi connectivity index (χ0n) is 30.2. The van der Waals surface area contributed by atoms with Crippen molar-refractivity contribution in [2.24, 2.45) is 0 Å². The second-order valence-corrected chi connectivity index (χ2v) is 15.1. The van der Waals surface area contributed by atoms with Gasteiger partial charge in [0.2, 0.25) is 0 Å². The largest absolute Gasteiger partial charge is 0.456 e. The van der Waals surface area contributed by atoms with Crippen LogP contribution in [-0.4, -0.2) is 29.5 Å². The minimum atomic E-state index is 0.484. The minimum Gasteiger partial charge on any atom is -0.456 e. The van der Waals surface area contributed by atoms with Crippen molar-refractivity contribution < 1.29 is 4.42 Å². The van der Waals surface area contributed by atoms with Crippen LogP contribution < -0.4 is 0 Å². The van der Waals surface area contributed by atoms with Gasteiger partial charge in [-0.1, -0.05) is 103 Å². The van der Waals surface area contributed by atoms with Gasteiger partial charge < -0.3 is 8.98 Å². The van der Waals surface area contributed by atoms with Gasteiger partial charge in [0.1, 0.15) is 16.9 Å². The second kappa shape index (κ2) is 12.5. The first kappa shape index (κ1) is 31.8. The zero-order valence-corrected chi connectivity index (χ0v) is 31.0. The van der Waals surface area contributed by atoms with E-state index in [0.29, 0.717) is 29.0 Å². The van der Waals surface area contributed by atoms with Gasteiger partial charge in [-0.15, -0.1) is 11.3 Å². The summed E-state index contributed by atoms with van der Waals surface area (Å²) >= 11 is 1.66. The highest BCUT2D eigenvalue weighted by atomic mass is 32.1. The summed E-state index contributed by atoms with van der Waals surface area (Å²) in [4.78, 5) is 26.1. The lowest BCUT2D eigenvalue weighted by Gasteiger charge is -2.10. The molecule has 0 saturated heterocycles. The maximum Gasteiger partial charge on any atom is 0.184 e. The topological polar surface area (TPSA) is 82.5 Å². The summed E-state index contributed by atoms with van der Waals surface area (Å²) in [5.41, 5.74) is 9.22. The van der Waals surface area contributed by atoms with E-state index < -0.39 is 0 Å². The van der Waals surface area contributed by atoms with E-state index in [9.17, 15) is 0 Å². The predicted octanol–water partition coefficient (Wildman–Crippen LogP) is 12.7. The summed E-state index contributed by atoms with van der Waals surface area (Å²) < 4.78 is 10.5. The highest BCUT2D eigenvalue weighted by molar-refractivity contribution is 7.26. The summed E-state index contributed by atoms with van der Waals surface area (Å²) in [5, 5.41) is 5.41. The summed E-state index contributed by atoms with van der Waals surface area (Å²) in [7, 11) is 0. The van der Waals surface area contributed by atoms with Crippen molar-refractivity contribution in [2.75, 3.05) is 0 Å². The number of hydrogen-bond donors (Lipinski definition) is 0. The molecule has 57 heavy (non-hydrogen) atoms. The Hall–Kier alpha value is -7.55. The quantitative estimate of drug-likeness (QED) is 0.174. The molecule has 8 heteroatoms. The predicted molar refractivity (Wildman–Crippen MR) is 232 cm³/mol. The number of benzene rings is 7. The number of para-hydroxylation sites is 3. The molecule has 266 valence electrons. The van der Waals surface area contributed by atoms with Gasteiger partial charge in [-0.3, -0.25) is 0 Å². The molecule has 0 N–H and O–H groups in total. The molecule has 0 aliphatic carbocycles. The Kier molecular flexibility index (Phi) is 6.96. The number of rotatable bonds is 5. The van der Waals surface area contributed by atoms with E-state index in [4.69, 9.17) is 29.3 Å². The van der Waals surface area contributed by atoms with Gasteiger partial charge in [0, 0.05) is 54.0 Å². The lowest BCUT2D eigenvalue weighted by atomic mass is 10.1. The third-order valence-corrected chi connectivity index (χ3v) is 11.8. The van der Waals surface area contributed by atoms with Crippen LogP contribution in [0.2, 0.25) is 0 Å². The molecule has 0 radical (unpaired) electrons. The van der Waals surface area contributed by atoms with Gasteiger partial charge in [-0.2, -0.15) is 0 Å². The van der Waals surface area contributed by atoms with Crippen molar-refractivity contribution in [1.82, 2.24) is 29.5 Å². The average molecular weight is 749 g/mol. The molecule has 0 bridgehead atoms. The highest BCUT2D eigenvalue weighted by Gasteiger charge is 2.22. The van der Waals surface area contributed by atoms with Crippen molar-refractivity contribution >= 4 is 75.4 Å². The molecule has 12 aromatic rings. The SMILES string of the molecule is c1ccc(-c2nc(-c3ccc4oc5ccccc5c4c3)nc(-c3nc(-c4ccc5c(c4)c4ccccc4n5-c4ccccc4)nc4c3sc3ccccc34)n2)cc1. The number of aromatic nitrogens is 6. The molecule has 7 nitrogen and oxygen atoms in total. The molecular weight excluding hydrogens is 721 g/mol. The van der Waals surface area contributed by atoms with E-state index in [0.717, 1.165) is 86.4 Å². The minimum absolute atomic E-state index is 0.484. The molecule has 0 saturated carbocycles. The van der Waals surface area contributed by atoms with Crippen molar-refractivity contribution in [3.63, 3.8) is 0 Å². The molecule has 0 aliphatic heterocycles. The van der Waals surface area contributed by atoms with Crippen LogP contribution in [0.3, 0.4) is 0 Å². The molecule has 0 atom stereocenters. The zero-order chi connectivity index (χ0) is 37.5. The van der Waals surface area contributed by atoms with Crippen molar-refractivity contribution in [3.05, 3.63) is 170 Å². The van der Waals surface area contributed by atoms with Crippen LogP contribution in [0, 0.1) is 0 Å². The van der Waals surface area contributed by atoms with E-state index in [2.05, 4.69) is 108 Å². The van der Waals surface area contributed by atoms with Crippen LogP contribution in [0.15, 0.2) is 174 Å². The Balaban J connectivity index is 1.11. The fourth-order valence-corrected chi connectivity index (χ4v) is 9.16. The van der Waals surface area contributed by atoms with Crippen molar-refractivity contribution in [1.29, 1.82) is 0 Å². The second-order valence-electron chi connectivity index (χ2n) is 14.1. The molecule has 5 aromatic heterocycles. The van der Waals surface area contributed by atoms with Gasteiger partial charge in [-0.25, -0.2) is 24.9 Å². The standard InChI is InChI=1S/C49H28N6OS/c1-3-13-29(14-4-1)46-52-48(31-24-26-41-37(28-31)34-18-8-11-21-40(34)56-41)54-49(53-46)44-45-43(35-19-9-12-22-42(35)57-45)50-47(51-44)30-23-25-39-36(27-30)33-17-7-10-20-38(33)55(39)32-15-5-2-6-16-32/h1-28H. The van der Waals surface area contributed by atoms with Crippen molar-refractivity contribution in [2.45, 2.75) is 0 Å². The summed E-state index contributed by atoms with van der Waals surface area (Å²) in [6.45, 7) is 0. The van der Waals surface area contributed by atoms with E-state index in [1.807, 2.05) is 66.7 Å². The normalized spacial score (nSPS) is 11.9. The molecule has 12 rings (SSSR count). The highest BCUT2D eigenvalue weighted by Crippen LogP contribution is 2.41. The first-order valence-corrected chi connectivity index (χ1v) is 19.6. The number of furan rings is 1. The lowest BCUT2D eigenvalue weighted by molar-refractivity contribution is 0.669. The van der Waals surface area contributed by atoms with Crippen molar-refractivity contribution in [3.8, 4) is 51.4 Å². The van der Waals surface area contributed by atoms with Crippen LogP contribution in [0.1, 0.15) is 0 Å². The Labute approximate surface area is 329 Å². The third kappa shape index (κ3) is 5.08. The maximum atomic E-state index is 6.17. The molecule has 0 unspecified atom stereocenters. The van der Waals surface area contributed by atoms with E-state index >= 15 is 0 Å². The molecule has 7 aromatic carbocycles. The van der Waals surface area contributed by atoms with E-state index in [1.54, 1.807) is 11.3 Å². The number of hydrogen-bond acceptors (Lipinski definition) is 7. The van der Waals surface area contributed by atoms with Crippen LogP contribution in [-0.2, 0) is 0 Å². The molecule has 0 aliphatic rings. The van der Waals surface area contributed by atoms with E-state index in [1.165, 1.54) is 0 Å². The Morgan fingerprint density at radius 3 is 1.84 bits per heavy atom. The molecular formula is C49H28N6OS. The van der Waals surface area contributed by atoms with Gasteiger partial charge in [0.05, 0.1) is 21.3 Å². The lowest BCUT2D eigenvalue weighted by Crippen LogP contribution is -2.02. The first-order valence-electron chi connectivity index (χ1n) is 18.8. The van der Waals surface area contributed by atoms with Crippen LogP contribution in [0.4, 0.5) is 0 Å². The van der Waals surface area contributed by atoms with Crippen LogP contribution in [0.25, 0.3) is 115 Å². The molecule has 0 fully saturated rings. The number of fused-ring (bicyclic) bond motifs is 9. The van der Waals surface area contributed by atoms with Crippen LogP contribution in [0.5, 0.6) is 0 Å². The third-order valence-electron chi connectivity index (χ3n) is 10.7. The Morgan fingerprint density at radius 1 is 0.404 bits per heavy atom. The fourth-order valence-electron chi connectivity index (χ4n) is 8.03. The molecule has 5 heterocycles. The molecule has 0 spiro atoms.